The Kier molecular flexibility index (Phi) is 6.31. The molecule has 0 radical (unpaired) electrons. The predicted molar refractivity (Wildman–Crippen MR) is 90.0 cm³/mol. The molecule has 1 aliphatic rings. The maximum atomic E-state index is 11.6. The van der Waals surface area contributed by atoms with Crippen LogP contribution in [-0.2, 0) is 9.53 Å². The molecule has 128 valence electrons. The second-order valence-corrected chi connectivity index (χ2v) is 6.04. The molecule has 1 aromatic carbocycles. The van der Waals surface area contributed by atoms with Gasteiger partial charge in [0.2, 0.25) is 0 Å². The number of methoxy groups -OCH3 is 1. The SMILES string of the molecule is CCOc1ccc(C(CC)CC2CC2C(=O)OC)cc1OCC. The van der Waals surface area contributed by atoms with Gasteiger partial charge in [-0.15, -0.1) is 0 Å². The number of ether oxygens (including phenoxy) is 3. The smallest absolute Gasteiger partial charge is 0.308 e. The summed E-state index contributed by atoms with van der Waals surface area (Å²) in [6.45, 7) is 7.38. The Morgan fingerprint density at radius 3 is 2.48 bits per heavy atom. The Morgan fingerprint density at radius 1 is 1.17 bits per heavy atom. The zero-order chi connectivity index (χ0) is 16.8. The van der Waals surface area contributed by atoms with Crippen LogP contribution in [0, 0.1) is 11.8 Å². The van der Waals surface area contributed by atoms with Gasteiger partial charge in [0.15, 0.2) is 11.5 Å². The molecule has 1 fully saturated rings. The Morgan fingerprint density at radius 2 is 1.87 bits per heavy atom. The van der Waals surface area contributed by atoms with E-state index in [9.17, 15) is 4.79 Å². The maximum absolute atomic E-state index is 11.6. The molecule has 0 saturated heterocycles. The number of benzene rings is 1. The van der Waals surface area contributed by atoms with Gasteiger partial charge >= 0.3 is 5.97 Å². The van der Waals surface area contributed by atoms with E-state index in [0.29, 0.717) is 25.0 Å². The monoisotopic (exact) mass is 320 g/mol. The average molecular weight is 320 g/mol. The van der Waals surface area contributed by atoms with E-state index < -0.39 is 0 Å². The molecule has 23 heavy (non-hydrogen) atoms. The van der Waals surface area contributed by atoms with Crippen LogP contribution < -0.4 is 9.47 Å². The Bertz CT molecular complexity index is 526. The first-order chi connectivity index (χ1) is 11.1. The van der Waals surface area contributed by atoms with Gasteiger partial charge in [-0.3, -0.25) is 4.79 Å². The maximum Gasteiger partial charge on any atom is 0.308 e. The number of carbonyl (C=O) groups excluding carboxylic acids is 1. The summed E-state index contributed by atoms with van der Waals surface area (Å²) in [4.78, 5) is 11.6. The molecule has 2 rings (SSSR count). The molecular formula is C19H28O4. The Labute approximate surface area is 139 Å². The minimum Gasteiger partial charge on any atom is -0.490 e. The number of rotatable bonds is 9. The summed E-state index contributed by atoms with van der Waals surface area (Å²) < 4.78 is 16.2. The predicted octanol–water partition coefficient (Wildman–Crippen LogP) is 4.18. The van der Waals surface area contributed by atoms with Crippen molar-refractivity contribution < 1.29 is 19.0 Å². The van der Waals surface area contributed by atoms with E-state index in [-0.39, 0.29) is 11.9 Å². The summed E-state index contributed by atoms with van der Waals surface area (Å²) in [6, 6.07) is 6.21. The van der Waals surface area contributed by atoms with Crippen LogP contribution in [0.2, 0.25) is 0 Å². The van der Waals surface area contributed by atoms with Crippen molar-refractivity contribution >= 4 is 5.97 Å². The Hall–Kier alpha value is -1.71. The summed E-state index contributed by atoms with van der Waals surface area (Å²) in [5, 5.41) is 0. The summed E-state index contributed by atoms with van der Waals surface area (Å²) in [7, 11) is 1.47. The van der Waals surface area contributed by atoms with E-state index in [2.05, 4.69) is 19.1 Å². The van der Waals surface area contributed by atoms with Crippen molar-refractivity contribution in [2.45, 2.75) is 46.0 Å². The molecule has 1 aliphatic carbocycles. The molecule has 3 unspecified atom stereocenters. The molecule has 4 nitrogen and oxygen atoms in total. The summed E-state index contributed by atoms with van der Waals surface area (Å²) in [6.07, 6.45) is 3.03. The van der Waals surface area contributed by atoms with Crippen molar-refractivity contribution in [3.8, 4) is 11.5 Å². The number of carbonyl (C=O) groups is 1. The molecule has 0 spiro atoms. The second-order valence-electron chi connectivity index (χ2n) is 6.04. The molecule has 0 aliphatic heterocycles. The lowest BCUT2D eigenvalue weighted by Crippen LogP contribution is -2.07. The van der Waals surface area contributed by atoms with Gasteiger partial charge in [-0.1, -0.05) is 13.0 Å². The molecule has 4 heteroatoms. The molecule has 0 heterocycles. The van der Waals surface area contributed by atoms with Gasteiger partial charge in [0.25, 0.3) is 0 Å². The number of hydrogen-bond acceptors (Lipinski definition) is 4. The van der Waals surface area contributed by atoms with Gasteiger partial charge in [0.05, 0.1) is 26.2 Å². The topological polar surface area (TPSA) is 44.8 Å². The Balaban J connectivity index is 2.08. The fourth-order valence-electron chi connectivity index (χ4n) is 3.17. The first-order valence-electron chi connectivity index (χ1n) is 8.61. The van der Waals surface area contributed by atoms with Crippen molar-refractivity contribution in [2.75, 3.05) is 20.3 Å². The molecule has 0 aromatic heterocycles. The number of esters is 1. The average Bonchev–Trinajstić information content (AvgIpc) is 3.33. The van der Waals surface area contributed by atoms with Gasteiger partial charge in [-0.2, -0.15) is 0 Å². The van der Waals surface area contributed by atoms with Crippen molar-refractivity contribution in [1.29, 1.82) is 0 Å². The van der Waals surface area contributed by atoms with Crippen LogP contribution in [0.4, 0.5) is 0 Å². The van der Waals surface area contributed by atoms with Gasteiger partial charge in [-0.05, 0) is 62.6 Å². The summed E-state index contributed by atoms with van der Waals surface area (Å²) in [5.41, 5.74) is 1.26. The zero-order valence-electron chi connectivity index (χ0n) is 14.6. The van der Waals surface area contributed by atoms with Gasteiger partial charge in [0.1, 0.15) is 0 Å². The van der Waals surface area contributed by atoms with Crippen LogP contribution in [-0.4, -0.2) is 26.3 Å². The first-order valence-corrected chi connectivity index (χ1v) is 8.61. The van der Waals surface area contributed by atoms with Crippen LogP contribution >= 0.6 is 0 Å². The quantitative estimate of drug-likeness (QED) is 0.640. The summed E-state index contributed by atoms with van der Waals surface area (Å²) in [5.74, 6) is 2.53. The van der Waals surface area contributed by atoms with Gasteiger partial charge < -0.3 is 14.2 Å². The molecule has 1 saturated carbocycles. The highest BCUT2D eigenvalue weighted by Crippen LogP contribution is 2.47. The van der Waals surface area contributed by atoms with Crippen LogP contribution in [0.15, 0.2) is 18.2 Å². The molecular weight excluding hydrogens is 292 g/mol. The number of hydrogen-bond donors (Lipinski definition) is 0. The minimum atomic E-state index is -0.0634. The second kappa shape index (κ2) is 8.23. The van der Waals surface area contributed by atoms with Crippen LogP contribution in [0.3, 0.4) is 0 Å². The van der Waals surface area contributed by atoms with Crippen molar-refractivity contribution in [3.05, 3.63) is 23.8 Å². The minimum absolute atomic E-state index is 0.0634. The van der Waals surface area contributed by atoms with E-state index in [1.807, 2.05) is 19.9 Å². The molecule has 1 aromatic rings. The van der Waals surface area contributed by atoms with Crippen molar-refractivity contribution in [2.24, 2.45) is 11.8 Å². The lowest BCUT2D eigenvalue weighted by atomic mass is 9.90. The largest absolute Gasteiger partial charge is 0.490 e. The third-order valence-electron chi connectivity index (χ3n) is 4.55. The van der Waals surface area contributed by atoms with Crippen LogP contribution in [0.25, 0.3) is 0 Å². The molecule has 0 amide bonds. The van der Waals surface area contributed by atoms with E-state index in [1.54, 1.807) is 0 Å². The standard InChI is InChI=1S/C19H28O4/c1-5-13(10-15-11-16(15)19(20)21-4)14-8-9-17(22-6-2)18(12-14)23-7-3/h8-9,12-13,15-16H,5-7,10-11H2,1-4H3. The van der Waals surface area contributed by atoms with Gasteiger partial charge in [-0.25, -0.2) is 0 Å². The lowest BCUT2D eigenvalue weighted by molar-refractivity contribution is -0.142. The molecule has 3 atom stereocenters. The van der Waals surface area contributed by atoms with Crippen LogP contribution in [0.1, 0.15) is 51.5 Å². The van der Waals surface area contributed by atoms with Crippen molar-refractivity contribution in [3.63, 3.8) is 0 Å². The molecule has 0 N–H and O–H groups in total. The van der Waals surface area contributed by atoms with E-state index in [0.717, 1.165) is 30.8 Å². The van der Waals surface area contributed by atoms with Crippen molar-refractivity contribution in [1.82, 2.24) is 0 Å². The third kappa shape index (κ3) is 4.40. The fraction of sp³-hybridized carbons (Fsp3) is 0.632. The van der Waals surface area contributed by atoms with E-state index >= 15 is 0 Å². The molecule has 0 bridgehead atoms. The lowest BCUT2D eigenvalue weighted by Gasteiger charge is -2.18. The van der Waals surface area contributed by atoms with Gasteiger partial charge in [0, 0.05) is 0 Å². The zero-order valence-corrected chi connectivity index (χ0v) is 14.6. The van der Waals surface area contributed by atoms with E-state index in [1.165, 1.54) is 12.7 Å². The third-order valence-corrected chi connectivity index (χ3v) is 4.55. The highest BCUT2D eigenvalue weighted by molar-refractivity contribution is 5.75. The highest BCUT2D eigenvalue weighted by atomic mass is 16.5. The highest BCUT2D eigenvalue weighted by Gasteiger charge is 2.44. The van der Waals surface area contributed by atoms with E-state index in [4.69, 9.17) is 14.2 Å². The summed E-state index contributed by atoms with van der Waals surface area (Å²) >= 11 is 0. The first kappa shape index (κ1) is 17.6. The normalized spacial score (nSPS) is 20.7. The van der Waals surface area contributed by atoms with Crippen LogP contribution in [0.5, 0.6) is 11.5 Å². The fourth-order valence-corrected chi connectivity index (χ4v) is 3.17.